The van der Waals surface area contributed by atoms with Gasteiger partial charge in [-0.1, -0.05) is 125 Å². The number of nitrogens with two attached hydrogens (primary N) is 1. The average Bonchev–Trinajstić information content (AvgIpc) is 2.82. The lowest BCUT2D eigenvalue weighted by Gasteiger charge is -2.06. The Balaban J connectivity index is 1.32. The molecule has 170 valence electrons. The maximum Gasteiger partial charge on any atom is 0.139 e. The maximum atomic E-state index is 7.66. The highest BCUT2D eigenvalue weighted by molar-refractivity contribution is 5.95. The van der Waals surface area contributed by atoms with Crippen molar-refractivity contribution < 1.29 is 0 Å². The van der Waals surface area contributed by atoms with Gasteiger partial charge >= 0.3 is 0 Å². The highest BCUT2D eigenvalue weighted by atomic mass is 15.2. The first-order valence-electron chi connectivity index (χ1n) is 12.5. The molecule has 0 saturated carbocycles. The molecule has 0 radical (unpaired) electrons. The summed E-state index contributed by atoms with van der Waals surface area (Å²) in [4.78, 5) is 0. The van der Waals surface area contributed by atoms with Crippen LogP contribution in [-0.2, 0) is 12.8 Å². The quantitative estimate of drug-likeness (QED) is 0.0823. The van der Waals surface area contributed by atoms with Gasteiger partial charge in [-0.05, 0) is 36.8 Å². The molecule has 0 aliphatic carbocycles. The Hall–Kier alpha value is -2.13. The molecule has 2 rings (SSSR count). The van der Waals surface area contributed by atoms with Crippen LogP contribution in [0.2, 0.25) is 0 Å². The minimum Gasteiger partial charge on any atom is -0.308 e. The van der Waals surface area contributed by atoms with E-state index in [1.807, 2.05) is 12.1 Å². The maximum absolute atomic E-state index is 7.66. The Morgan fingerprint density at radius 3 is 1.35 bits per heavy atom. The molecule has 3 nitrogen and oxygen atoms in total. The molecule has 0 aromatic heterocycles. The van der Waals surface area contributed by atoms with Crippen LogP contribution in [0.1, 0.15) is 100 Å². The van der Waals surface area contributed by atoms with Crippen molar-refractivity contribution in [1.29, 1.82) is 5.41 Å². The molecule has 0 atom stereocenters. The Morgan fingerprint density at radius 2 is 0.935 bits per heavy atom. The fourth-order valence-corrected chi connectivity index (χ4v) is 4.17. The van der Waals surface area contributed by atoms with Gasteiger partial charge < -0.3 is 5.43 Å². The zero-order chi connectivity index (χ0) is 22.0. The molecule has 0 spiro atoms. The Kier molecular flexibility index (Phi) is 13.4. The van der Waals surface area contributed by atoms with Gasteiger partial charge in [-0.15, -0.1) is 0 Å². The van der Waals surface area contributed by atoms with E-state index in [2.05, 4.69) is 47.9 Å². The zero-order valence-corrected chi connectivity index (χ0v) is 19.4. The van der Waals surface area contributed by atoms with E-state index in [9.17, 15) is 0 Å². The third-order valence-electron chi connectivity index (χ3n) is 6.16. The van der Waals surface area contributed by atoms with Crippen molar-refractivity contribution >= 4 is 5.84 Å². The van der Waals surface area contributed by atoms with Crippen molar-refractivity contribution in [3.8, 4) is 0 Å². The zero-order valence-electron chi connectivity index (χ0n) is 19.4. The number of hydrazine groups is 1. The molecule has 0 unspecified atom stereocenters. The van der Waals surface area contributed by atoms with Crippen molar-refractivity contribution in [2.24, 2.45) is 5.84 Å². The number of rotatable bonds is 17. The van der Waals surface area contributed by atoms with Crippen LogP contribution in [0.15, 0.2) is 54.6 Å². The van der Waals surface area contributed by atoms with Crippen LogP contribution in [0.3, 0.4) is 0 Å². The normalized spacial score (nSPS) is 10.9. The van der Waals surface area contributed by atoms with Gasteiger partial charge in [0.1, 0.15) is 5.84 Å². The molecule has 0 aliphatic heterocycles. The predicted octanol–water partition coefficient (Wildman–Crippen LogP) is 7.33. The van der Waals surface area contributed by atoms with Crippen molar-refractivity contribution in [3.05, 3.63) is 71.3 Å². The fraction of sp³-hybridized carbons (Fsp3) is 0.536. The smallest absolute Gasteiger partial charge is 0.139 e. The van der Waals surface area contributed by atoms with Crippen molar-refractivity contribution in [2.75, 3.05) is 0 Å². The molecule has 0 saturated heterocycles. The third kappa shape index (κ3) is 11.7. The first-order chi connectivity index (χ1) is 15.3. The van der Waals surface area contributed by atoms with Gasteiger partial charge in [0.2, 0.25) is 0 Å². The summed E-state index contributed by atoms with van der Waals surface area (Å²) in [5.74, 6) is 5.55. The first-order valence-corrected chi connectivity index (χ1v) is 12.5. The molecule has 0 amide bonds. The highest BCUT2D eigenvalue weighted by Gasteiger charge is 2.00. The summed E-state index contributed by atoms with van der Waals surface area (Å²) in [6, 6.07) is 19.1. The lowest BCUT2D eigenvalue weighted by molar-refractivity contribution is 0.536. The number of unbranched alkanes of at least 4 members (excludes halogenated alkanes) is 12. The lowest BCUT2D eigenvalue weighted by atomic mass is 10.0. The molecular weight excluding hydrogens is 378 g/mol. The van der Waals surface area contributed by atoms with Crippen LogP contribution < -0.4 is 11.3 Å². The van der Waals surface area contributed by atoms with E-state index in [0.29, 0.717) is 0 Å². The van der Waals surface area contributed by atoms with Gasteiger partial charge in [-0.2, -0.15) is 0 Å². The standard InChI is InChI=1S/C28H43N3/c29-28(31-30)27-23-21-26(22-24-27)20-14-11-9-7-5-3-1-2-4-6-8-10-13-17-25-18-15-12-16-19-25/h12,15-16,18-19,21-24H,1-11,13-14,17,20,30H2,(H2,29,31). The number of benzene rings is 2. The number of hydrogen-bond donors (Lipinski definition) is 3. The first kappa shape index (κ1) is 25.1. The van der Waals surface area contributed by atoms with Crippen molar-refractivity contribution in [2.45, 2.75) is 96.3 Å². The van der Waals surface area contributed by atoms with E-state index < -0.39 is 0 Å². The summed E-state index contributed by atoms with van der Waals surface area (Å²) in [6.45, 7) is 0. The topological polar surface area (TPSA) is 61.9 Å². The van der Waals surface area contributed by atoms with Crippen LogP contribution >= 0.6 is 0 Å². The van der Waals surface area contributed by atoms with Gasteiger partial charge in [-0.25, -0.2) is 5.84 Å². The summed E-state index contributed by atoms with van der Waals surface area (Å²) in [7, 11) is 0. The second kappa shape index (κ2) is 16.5. The van der Waals surface area contributed by atoms with E-state index in [1.54, 1.807) is 0 Å². The van der Waals surface area contributed by atoms with Gasteiger partial charge in [0, 0.05) is 5.56 Å². The summed E-state index contributed by atoms with van der Waals surface area (Å²) in [5, 5.41) is 7.66. The molecule has 2 aromatic rings. The van der Waals surface area contributed by atoms with Crippen LogP contribution in [0.4, 0.5) is 0 Å². The van der Waals surface area contributed by atoms with E-state index in [4.69, 9.17) is 11.3 Å². The van der Waals surface area contributed by atoms with Gasteiger partial charge in [0.15, 0.2) is 0 Å². The minimum atomic E-state index is 0.269. The lowest BCUT2D eigenvalue weighted by Crippen LogP contribution is -2.29. The highest BCUT2D eigenvalue weighted by Crippen LogP contribution is 2.15. The predicted molar refractivity (Wildman–Crippen MR) is 134 cm³/mol. The number of hydrogen-bond acceptors (Lipinski definition) is 2. The molecular formula is C28H43N3. The second-order valence-corrected chi connectivity index (χ2v) is 8.80. The number of nitrogens with one attached hydrogen (secondary N) is 2. The fourth-order valence-electron chi connectivity index (χ4n) is 4.17. The Labute approximate surface area is 190 Å². The number of amidine groups is 1. The summed E-state index contributed by atoms with van der Waals surface area (Å²) in [5.41, 5.74) is 6.07. The molecule has 4 N–H and O–H groups in total. The van der Waals surface area contributed by atoms with E-state index in [0.717, 1.165) is 12.0 Å². The minimum absolute atomic E-state index is 0.269. The summed E-state index contributed by atoms with van der Waals surface area (Å²) < 4.78 is 0. The molecule has 3 heteroatoms. The molecule has 0 heterocycles. The van der Waals surface area contributed by atoms with Crippen LogP contribution in [0, 0.1) is 5.41 Å². The number of aryl methyl sites for hydroxylation is 2. The van der Waals surface area contributed by atoms with Crippen LogP contribution in [0.5, 0.6) is 0 Å². The molecule has 0 aliphatic rings. The van der Waals surface area contributed by atoms with Crippen LogP contribution in [0.25, 0.3) is 0 Å². The summed E-state index contributed by atoms with van der Waals surface area (Å²) in [6.07, 6.45) is 20.3. The SMILES string of the molecule is N=C(NN)c1ccc(CCCCCCCCCCCCCCCc2ccccc2)cc1. The molecule has 2 aromatic carbocycles. The average molecular weight is 422 g/mol. The molecule has 0 fully saturated rings. The van der Waals surface area contributed by atoms with Crippen molar-refractivity contribution in [1.82, 2.24) is 5.43 Å². The van der Waals surface area contributed by atoms with E-state index in [-0.39, 0.29) is 5.84 Å². The second-order valence-electron chi connectivity index (χ2n) is 8.80. The largest absolute Gasteiger partial charge is 0.308 e. The van der Waals surface area contributed by atoms with E-state index >= 15 is 0 Å². The third-order valence-corrected chi connectivity index (χ3v) is 6.16. The van der Waals surface area contributed by atoms with E-state index in [1.165, 1.54) is 101 Å². The van der Waals surface area contributed by atoms with Gasteiger partial charge in [-0.3, -0.25) is 5.41 Å². The van der Waals surface area contributed by atoms with Gasteiger partial charge in [0.05, 0.1) is 0 Å². The molecule has 31 heavy (non-hydrogen) atoms. The van der Waals surface area contributed by atoms with Crippen LogP contribution in [-0.4, -0.2) is 5.84 Å². The summed E-state index contributed by atoms with van der Waals surface area (Å²) >= 11 is 0. The monoisotopic (exact) mass is 421 g/mol. The Morgan fingerprint density at radius 1 is 0.548 bits per heavy atom. The Bertz CT molecular complexity index is 694. The molecule has 0 bridgehead atoms. The van der Waals surface area contributed by atoms with Crippen molar-refractivity contribution in [3.63, 3.8) is 0 Å². The van der Waals surface area contributed by atoms with Gasteiger partial charge in [0.25, 0.3) is 0 Å².